The van der Waals surface area contributed by atoms with Gasteiger partial charge in [-0.1, -0.05) is 29.3 Å². The fourth-order valence-electron chi connectivity index (χ4n) is 1.48. The standard InChI is InChI=1S/C14H8Cl2INO/c15-11-3-2-10(12(16)6-11)8-19-14-4-1-9(7-18)5-13(14)17/h1-6H,8H2. The van der Waals surface area contributed by atoms with E-state index in [0.717, 1.165) is 14.9 Å². The zero-order valence-electron chi connectivity index (χ0n) is 9.66. The summed E-state index contributed by atoms with van der Waals surface area (Å²) in [6, 6.07) is 12.7. The van der Waals surface area contributed by atoms with Gasteiger partial charge >= 0.3 is 0 Å². The van der Waals surface area contributed by atoms with Gasteiger partial charge in [-0.25, -0.2) is 0 Å². The van der Waals surface area contributed by atoms with Gasteiger partial charge in [-0.05, 0) is 52.9 Å². The number of ether oxygens (including phenoxy) is 1. The summed E-state index contributed by atoms with van der Waals surface area (Å²) in [5.74, 6) is 0.727. The second kappa shape index (κ2) is 6.47. The van der Waals surface area contributed by atoms with E-state index in [4.69, 9.17) is 33.2 Å². The lowest BCUT2D eigenvalue weighted by Crippen LogP contribution is -1.98. The predicted molar refractivity (Wildman–Crippen MR) is 84.7 cm³/mol. The van der Waals surface area contributed by atoms with Crippen LogP contribution in [0.3, 0.4) is 0 Å². The van der Waals surface area contributed by atoms with Gasteiger partial charge in [-0.15, -0.1) is 0 Å². The smallest absolute Gasteiger partial charge is 0.133 e. The summed E-state index contributed by atoms with van der Waals surface area (Å²) in [5, 5.41) is 9.98. The lowest BCUT2D eigenvalue weighted by Gasteiger charge is -2.09. The largest absolute Gasteiger partial charge is 0.488 e. The Kier molecular flexibility index (Phi) is 4.92. The molecule has 0 N–H and O–H groups in total. The molecule has 2 rings (SSSR count). The minimum absolute atomic E-state index is 0.359. The first-order chi connectivity index (χ1) is 9.10. The van der Waals surface area contributed by atoms with Crippen LogP contribution in [0.4, 0.5) is 0 Å². The van der Waals surface area contributed by atoms with Crippen LogP contribution < -0.4 is 4.74 Å². The summed E-state index contributed by atoms with van der Waals surface area (Å²) in [7, 11) is 0. The first-order valence-corrected chi connectivity index (χ1v) is 7.20. The second-order valence-corrected chi connectivity index (χ2v) is 5.79. The Labute approximate surface area is 135 Å². The van der Waals surface area contributed by atoms with Gasteiger partial charge in [0.2, 0.25) is 0 Å². The van der Waals surface area contributed by atoms with Crippen molar-refractivity contribution in [3.63, 3.8) is 0 Å². The van der Waals surface area contributed by atoms with E-state index in [1.165, 1.54) is 0 Å². The molecular weight excluding hydrogens is 396 g/mol. The van der Waals surface area contributed by atoms with Crippen molar-refractivity contribution in [3.05, 3.63) is 61.1 Å². The maximum atomic E-state index is 8.80. The van der Waals surface area contributed by atoms with Crippen molar-refractivity contribution in [1.29, 1.82) is 5.26 Å². The molecule has 0 atom stereocenters. The molecule has 0 saturated carbocycles. The molecule has 0 unspecified atom stereocenters. The minimum atomic E-state index is 0.359. The average Bonchev–Trinajstić information content (AvgIpc) is 2.39. The lowest BCUT2D eigenvalue weighted by molar-refractivity contribution is 0.304. The van der Waals surface area contributed by atoms with Crippen LogP contribution in [-0.2, 0) is 6.61 Å². The number of benzene rings is 2. The quantitative estimate of drug-likeness (QED) is 0.672. The Bertz CT molecular complexity index is 652. The summed E-state index contributed by atoms with van der Waals surface area (Å²) in [4.78, 5) is 0. The summed E-state index contributed by atoms with van der Waals surface area (Å²) >= 11 is 14.0. The average molecular weight is 404 g/mol. The molecule has 0 aliphatic carbocycles. The van der Waals surface area contributed by atoms with Crippen molar-refractivity contribution >= 4 is 45.8 Å². The molecule has 0 aliphatic heterocycles. The highest BCUT2D eigenvalue weighted by atomic mass is 127. The lowest BCUT2D eigenvalue weighted by atomic mass is 10.2. The summed E-state index contributed by atoms with van der Waals surface area (Å²) in [6.45, 7) is 0.359. The molecule has 2 nitrogen and oxygen atoms in total. The molecule has 0 aliphatic rings. The number of halogens is 3. The second-order valence-electron chi connectivity index (χ2n) is 3.78. The summed E-state index contributed by atoms with van der Waals surface area (Å²) < 4.78 is 6.59. The van der Waals surface area contributed by atoms with E-state index >= 15 is 0 Å². The van der Waals surface area contributed by atoms with Gasteiger partial charge in [0.1, 0.15) is 12.4 Å². The highest BCUT2D eigenvalue weighted by Gasteiger charge is 2.05. The van der Waals surface area contributed by atoms with Crippen molar-refractivity contribution in [3.8, 4) is 11.8 Å². The van der Waals surface area contributed by atoms with E-state index in [-0.39, 0.29) is 0 Å². The Morgan fingerprint density at radius 1 is 1.16 bits per heavy atom. The molecule has 0 heterocycles. The highest BCUT2D eigenvalue weighted by Crippen LogP contribution is 2.25. The number of hydrogen-bond donors (Lipinski definition) is 0. The molecule has 0 aromatic heterocycles. The first-order valence-electron chi connectivity index (χ1n) is 5.36. The first kappa shape index (κ1) is 14.4. The third-order valence-electron chi connectivity index (χ3n) is 2.46. The highest BCUT2D eigenvalue weighted by molar-refractivity contribution is 14.1. The van der Waals surface area contributed by atoms with Gasteiger partial charge in [0.15, 0.2) is 0 Å². The maximum absolute atomic E-state index is 8.80. The van der Waals surface area contributed by atoms with E-state index in [2.05, 4.69) is 28.7 Å². The SMILES string of the molecule is N#Cc1ccc(OCc2ccc(Cl)cc2Cl)c(I)c1. The van der Waals surface area contributed by atoms with Crippen LogP contribution in [0.15, 0.2) is 36.4 Å². The number of hydrogen-bond acceptors (Lipinski definition) is 2. The van der Waals surface area contributed by atoms with E-state index in [0.29, 0.717) is 22.2 Å². The van der Waals surface area contributed by atoms with Crippen molar-refractivity contribution < 1.29 is 4.74 Å². The van der Waals surface area contributed by atoms with E-state index in [9.17, 15) is 0 Å². The third kappa shape index (κ3) is 3.75. The molecule has 0 fully saturated rings. The molecule has 96 valence electrons. The van der Waals surface area contributed by atoms with Crippen molar-refractivity contribution in [2.24, 2.45) is 0 Å². The Hall–Kier alpha value is -0.960. The fourth-order valence-corrected chi connectivity index (χ4v) is 2.62. The summed E-state index contributed by atoms with van der Waals surface area (Å²) in [5.41, 5.74) is 1.48. The Morgan fingerprint density at radius 2 is 1.95 bits per heavy atom. The van der Waals surface area contributed by atoms with Crippen LogP contribution in [0.25, 0.3) is 0 Å². The Balaban J connectivity index is 2.13. The van der Waals surface area contributed by atoms with Crippen LogP contribution in [0.2, 0.25) is 10.0 Å². The minimum Gasteiger partial charge on any atom is -0.488 e. The maximum Gasteiger partial charge on any atom is 0.133 e. The van der Waals surface area contributed by atoms with Gasteiger partial charge in [0.25, 0.3) is 0 Å². The molecule has 0 spiro atoms. The molecule has 19 heavy (non-hydrogen) atoms. The number of nitriles is 1. The predicted octanol–water partition coefficient (Wildman–Crippen LogP) is 5.05. The van der Waals surface area contributed by atoms with Crippen molar-refractivity contribution in [2.45, 2.75) is 6.61 Å². The van der Waals surface area contributed by atoms with Crippen LogP contribution >= 0.6 is 45.8 Å². The van der Waals surface area contributed by atoms with Crippen LogP contribution in [0, 0.1) is 14.9 Å². The zero-order valence-corrected chi connectivity index (χ0v) is 13.3. The summed E-state index contributed by atoms with van der Waals surface area (Å²) in [6.07, 6.45) is 0. The van der Waals surface area contributed by atoms with Gasteiger partial charge in [-0.2, -0.15) is 5.26 Å². The normalized spacial score (nSPS) is 10.0. The van der Waals surface area contributed by atoms with Crippen molar-refractivity contribution in [1.82, 2.24) is 0 Å². The zero-order chi connectivity index (χ0) is 13.8. The third-order valence-corrected chi connectivity index (χ3v) is 3.89. The fraction of sp³-hybridized carbons (Fsp3) is 0.0714. The molecular formula is C14H8Cl2INO. The number of nitrogens with zero attached hydrogens (tertiary/aromatic N) is 1. The van der Waals surface area contributed by atoms with Crippen LogP contribution in [-0.4, -0.2) is 0 Å². The Morgan fingerprint density at radius 3 is 2.58 bits per heavy atom. The van der Waals surface area contributed by atoms with Gasteiger partial charge in [-0.3, -0.25) is 0 Å². The molecule has 5 heteroatoms. The van der Waals surface area contributed by atoms with Gasteiger partial charge in [0.05, 0.1) is 15.2 Å². The molecule has 0 amide bonds. The van der Waals surface area contributed by atoms with Gasteiger partial charge in [0, 0.05) is 15.6 Å². The molecule has 0 radical (unpaired) electrons. The van der Waals surface area contributed by atoms with Crippen molar-refractivity contribution in [2.75, 3.05) is 0 Å². The topological polar surface area (TPSA) is 33.0 Å². The number of rotatable bonds is 3. The van der Waals surface area contributed by atoms with Gasteiger partial charge < -0.3 is 4.74 Å². The van der Waals surface area contributed by atoms with Crippen LogP contribution in [0.1, 0.15) is 11.1 Å². The monoisotopic (exact) mass is 403 g/mol. The molecule has 0 bridgehead atoms. The van der Waals surface area contributed by atoms with E-state index in [1.54, 1.807) is 30.3 Å². The molecule has 0 saturated heterocycles. The van der Waals surface area contributed by atoms with Crippen LogP contribution in [0.5, 0.6) is 5.75 Å². The van der Waals surface area contributed by atoms with E-state index < -0.39 is 0 Å². The molecule has 2 aromatic carbocycles. The molecule has 2 aromatic rings. The van der Waals surface area contributed by atoms with E-state index in [1.807, 2.05) is 6.07 Å².